The molecule has 3 aromatic rings. The van der Waals surface area contributed by atoms with Crippen molar-refractivity contribution in [3.05, 3.63) is 89.0 Å². The molecule has 1 unspecified atom stereocenters. The second kappa shape index (κ2) is 6.67. The molecule has 0 bridgehead atoms. The van der Waals surface area contributed by atoms with Gasteiger partial charge >= 0.3 is 0 Å². The third-order valence-corrected chi connectivity index (χ3v) is 3.88. The Balaban J connectivity index is 1.92. The van der Waals surface area contributed by atoms with Crippen molar-refractivity contribution in [2.45, 2.75) is 6.04 Å². The van der Waals surface area contributed by atoms with Crippen molar-refractivity contribution in [1.29, 1.82) is 0 Å². The fourth-order valence-electron chi connectivity index (χ4n) is 2.41. The first-order valence-corrected chi connectivity index (χ1v) is 7.61. The lowest BCUT2D eigenvalue weighted by atomic mass is 10.1. The Hall–Kier alpha value is -2.59. The van der Waals surface area contributed by atoms with Gasteiger partial charge in [-0.1, -0.05) is 41.9 Å². The van der Waals surface area contributed by atoms with E-state index in [0.29, 0.717) is 10.6 Å². The summed E-state index contributed by atoms with van der Waals surface area (Å²) < 4.78 is 1.90. The molecule has 0 fully saturated rings. The van der Waals surface area contributed by atoms with E-state index in [2.05, 4.69) is 10.3 Å². The van der Waals surface area contributed by atoms with Gasteiger partial charge in [-0.2, -0.15) is 0 Å². The van der Waals surface area contributed by atoms with Crippen LogP contribution in [0.3, 0.4) is 0 Å². The standard InChI is InChI=1S/C18H16ClN3O/c1-22-12-11-20-17(22)16(13-5-3-2-4-6-13)21-18(23)14-7-9-15(19)10-8-14/h2-12,16H,1H3,(H,21,23). The maximum atomic E-state index is 12.6. The van der Waals surface area contributed by atoms with E-state index in [0.717, 1.165) is 11.4 Å². The Bertz CT molecular complexity index is 797. The minimum absolute atomic E-state index is 0.168. The first kappa shape index (κ1) is 15.3. The number of aromatic nitrogens is 2. The van der Waals surface area contributed by atoms with E-state index in [1.807, 2.05) is 48.1 Å². The smallest absolute Gasteiger partial charge is 0.252 e. The van der Waals surface area contributed by atoms with Crippen LogP contribution in [-0.4, -0.2) is 15.5 Å². The number of carbonyl (C=O) groups excluding carboxylic acids is 1. The van der Waals surface area contributed by atoms with Gasteiger partial charge in [0.15, 0.2) is 0 Å². The largest absolute Gasteiger partial charge is 0.338 e. The SMILES string of the molecule is Cn1ccnc1C(NC(=O)c1ccc(Cl)cc1)c1ccccc1. The molecule has 0 aliphatic heterocycles. The van der Waals surface area contributed by atoms with Crippen LogP contribution in [0.1, 0.15) is 27.8 Å². The number of aryl methyl sites for hydroxylation is 1. The summed E-state index contributed by atoms with van der Waals surface area (Å²) >= 11 is 5.87. The molecule has 0 saturated heterocycles. The molecule has 0 aliphatic rings. The van der Waals surface area contributed by atoms with E-state index in [1.165, 1.54) is 0 Å². The van der Waals surface area contributed by atoms with Crippen molar-refractivity contribution in [1.82, 2.24) is 14.9 Å². The molecule has 2 aromatic carbocycles. The normalized spacial score (nSPS) is 11.9. The predicted octanol–water partition coefficient (Wildman–Crippen LogP) is 3.59. The molecule has 5 heteroatoms. The summed E-state index contributed by atoms with van der Waals surface area (Å²) in [6.45, 7) is 0. The van der Waals surface area contributed by atoms with Gasteiger partial charge in [-0.3, -0.25) is 4.79 Å². The average molecular weight is 326 g/mol. The lowest BCUT2D eigenvalue weighted by Crippen LogP contribution is -2.31. The number of halogens is 1. The number of nitrogens with one attached hydrogen (secondary N) is 1. The van der Waals surface area contributed by atoms with Crippen LogP contribution in [0.4, 0.5) is 0 Å². The van der Waals surface area contributed by atoms with Gasteiger partial charge in [0.25, 0.3) is 5.91 Å². The molecule has 1 aromatic heterocycles. The van der Waals surface area contributed by atoms with Crippen LogP contribution in [0.25, 0.3) is 0 Å². The van der Waals surface area contributed by atoms with Gasteiger partial charge in [0.1, 0.15) is 11.9 Å². The van der Waals surface area contributed by atoms with Gasteiger partial charge in [0.05, 0.1) is 0 Å². The molecule has 1 N–H and O–H groups in total. The first-order chi connectivity index (χ1) is 11.1. The van der Waals surface area contributed by atoms with Gasteiger partial charge in [0, 0.05) is 30.0 Å². The molecular weight excluding hydrogens is 310 g/mol. The summed E-state index contributed by atoms with van der Waals surface area (Å²) in [6.07, 6.45) is 3.58. The van der Waals surface area contributed by atoms with Crippen molar-refractivity contribution in [2.75, 3.05) is 0 Å². The molecule has 0 aliphatic carbocycles. The predicted molar refractivity (Wildman–Crippen MR) is 90.4 cm³/mol. The van der Waals surface area contributed by atoms with Crippen LogP contribution in [0.15, 0.2) is 67.0 Å². The highest BCUT2D eigenvalue weighted by atomic mass is 35.5. The van der Waals surface area contributed by atoms with Gasteiger partial charge in [-0.25, -0.2) is 4.98 Å². The van der Waals surface area contributed by atoms with E-state index < -0.39 is 0 Å². The molecular formula is C18H16ClN3O. The molecule has 1 heterocycles. The highest BCUT2D eigenvalue weighted by Gasteiger charge is 2.21. The third-order valence-electron chi connectivity index (χ3n) is 3.63. The molecule has 0 radical (unpaired) electrons. The molecule has 23 heavy (non-hydrogen) atoms. The maximum Gasteiger partial charge on any atom is 0.252 e. The Morgan fingerprint density at radius 2 is 1.83 bits per heavy atom. The summed E-state index contributed by atoms with van der Waals surface area (Å²) in [5.41, 5.74) is 1.54. The number of amides is 1. The molecule has 0 saturated carbocycles. The molecule has 0 spiro atoms. The Morgan fingerprint density at radius 1 is 1.13 bits per heavy atom. The van der Waals surface area contributed by atoms with Crippen LogP contribution in [0, 0.1) is 0 Å². The second-order valence-corrected chi connectivity index (χ2v) is 5.66. The zero-order chi connectivity index (χ0) is 16.2. The quantitative estimate of drug-likeness (QED) is 0.796. The van der Waals surface area contributed by atoms with E-state index >= 15 is 0 Å². The first-order valence-electron chi connectivity index (χ1n) is 7.24. The maximum absolute atomic E-state index is 12.6. The number of imidazole rings is 1. The Morgan fingerprint density at radius 3 is 2.43 bits per heavy atom. The monoisotopic (exact) mass is 325 g/mol. The number of carbonyl (C=O) groups is 1. The highest BCUT2D eigenvalue weighted by molar-refractivity contribution is 6.30. The van der Waals surface area contributed by atoms with Gasteiger partial charge in [-0.15, -0.1) is 0 Å². The molecule has 3 rings (SSSR count). The number of nitrogens with zero attached hydrogens (tertiary/aromatic N) is 2. The molecule has 1 atom stereocenters. The average Bonchev–Trinajstić information content (AvgIpc) is 2.99. The van der Waals surface area contributed by atoms with E-state index in [-0.39, 0.29) is 11.9 Å². The van der Waals surface area contributed by atoms with Crippen molar-refractivity contribution in [3.8, 4) is 0 Å². The van der Waals surface area contributed by atoms with Gasteiger partial charge < -0.3 is 9.88 Å². The Kier molecular flexibility index (Phi) is 4.44. The second-order valence-electron chi connectivity index (χ2n) is 5.22. The van der Waals surface area contributed by atoms with E-state index in [1.54, 1.807) is 30.5 Å². The van der Waals surface area contributed by atoms with Gasteiger partial charge in [-0.05, 0) is 29.8 Å². The minimum atomic E-state index is -0.320. The topological polar surface area (TPSA) is 46.9 Å². The molecule has 1 amide bonds. The summed E-state index contributed by atoms with van der Waals surface area (Å²) in [4.78, 5) is 16.9. The third kappa shape index (κ3) is 3.43. The van der Waals surface area contributed by atoms with E-state index in [4.69, 9.17) is 11.6 Å². The zero-order valence-electron chi connectivity index (χ0n) is 12.6. The van der Waals surface area contributed by atoms with Crippen LogP contribution in [-0.2, 0) is 7.05 Å². The summed E-state index contributed by atoms with van der Waals surface area (Å²) in [5.74, 6) is 0.608. The summed E-state index contributed by atoms with van der Waals surface area (Å²) in [5, 5.41) is 3.65. The fourth-order valence-corrected chi connectivity index (χ4v) is 2.54. The summed E-state index contributed by atoms with van der Waals surface area (Å²) in [6, 6.07) is 16.3. The number of hydrogen-bond acceptors (Lipinski definition) is 2. The number of rotatable bonds is 4. The van der Waals surface area contributed by atoms with E-state index in [9.17, 15) is 4.79 Å². The zero-order valence-corrected chi connectivity index (χ0v) is 13.4. The lowest BCUT2D eigenvalue weighted by Gasteiger charge is -2.19. The number of benzene rings is 2. The van der Waals surface area contributed by atoms with Crippen molar-refractivity contribution in [2.24, 2.45) is 7.05 Å². The van der Waals surface area contributed by atoms with Crippen LogP contribution >= 0.6 is 11.6 Å². The van der Waals surface area contributed by atoms with Crippen LogP contribution < -0.4 is 5.32 Å². The van der Waals surface area contributed by atoms with Crippen LogP contribution in [0.5, 0.6) is 0 Å². The highest BCUT2D eigenvalue weighted by Crippen LogP contribution is 2.21. The van der Waals surface area contributed by atoms with Gasteiger partial charge in [0.2, 0.25) is 0 Å². The van der Waals surface area contributed by atoms with Crippen molar-refractivity contribution < 1.29 is 4.79 Å². The lowest BCUT2D eigenvalue weighted by molar-refractivity contribution is 0.0941. The fraction of sp³-hybridized carbons (Fsp3) is 0.111. The minimum Gasteiger partial charge on any atom is -0.338 e. The molecule has 116 valence electrons. The Labute approximate surface area is 139 Å². The molecule has 4 nitrogen and oxygen atoms in total. The van der Waals surface area contributed by atoms with Crippen LogP contribution in [0.2, 0.25) is 5.02 Å². The summed E-state index contributed by atoms with van der Waals surface area (Å²) in [7, 11) is 1.91. The number of hydrogen-bond donors (Lipinski definition) is 1. The van der Waals surface area contributed by atoms with Crippen molar-refractivity contribution >= 4 is 17.5 Å². The van der Waals surface area contributed by atoms with Crippen molar-refractivity contribution in [3.63, 3.8) is 0 Å².